The lowest BCUT2D eigenvalue weighted by Gasteiger charge is -2.17. The molecule has 1 aliphatic carbocycles. The summed E-state index contributed by atoms with van der Waals surface area (Å²) in [5.74, 6) is 0.995. The van der Waals surface area contributed by atoms with Gasteiger partial charge in [0.2, 0.25) is 5.89 Å². The van der Waals surface area contributed by atoms with E-state index in [-0.39, 0.29) is 5.89 Å². The van der Waals surface area contributed by atoms with Crippen molar-refractivity contribution in [1.82, 2.24) is 10.2 Å². The summed E-state index contributed by atoms with van der Waals surface area (Å²) in [6, 6.07) is 0. The van der Waals surface area contributed by atoms with Gasteiger partial charge in [0, 0.05) is 0 Å². The summed E-state index contributed by atoms with van der Waals surface area (Å²) in [6.07, 6.45) is 10.3. The molecule has 1 fully saturated rings. The number of allylic oxidation sites excluding steroid dienone is 1. The number of rotatable bonds is 2. The maximum atomic E-state index is 5.63. The number of alkyl halides is 3. The Labute approximate surface area is 115 Å². The van der Waals surface area contributed by atoms with Crippen LogP contribution < -0.4 is 0 Å². The van der Waals surface area contributed by atoms with Gasteiger partial charge in [0.15, 0.2) is 0 Å². The van der Waals surface area contributed by atoms with Crippen molar-refractivity contribution in [1.29, 1.82) is 0 Å². The lowest BCUT2D eigenvalue weighted by atomic mass is 9.89. The molecule has 0 N–H and O–H groups in total. The van der Waals surface area contributed by atoms with E-state index in [0.717, 1.165) is 0 Å². The molecule has 0 aliphatic heterocycles. The molecule has 0 radical (unpaired) electrons. The first-order valence-corrected chi connectivity index (χ1v) is 6.78. The molecule has 1 saturated carbocycles. The van der Waals surface area contributed by atoms with Crippen LogP contribution in [0.4, 0.5) is 0 Å². The average Bonchev–Trinajstić information content (AvgIpc) is 2.76. The van der Waals surface area contributed by atoms with E-state index < -0.39 is 3.79 Å². The standard InChI is InChI=1S/C11H13Cl3N2O/c12-11(13,14)10-16-15-9(17-10)7-6-8-4-2-1-3-5-8/h6-8H,1-5H2. The quantitative estimate of drug-likeness (QED) is 0.755. The van der Waals surface area contributed by atoms with Gasteiger partial charge in [0.25, 0.3) is 9.68 Å². The molecule has 6 heteroatoms. The topological polar surface area (TPSA) is 38.9 Å². The van der Waals surface area contributed by atoms with Crippen molar-refractivity contribution in [2.75, 3.05) is 0 Å². The van der Waals surface area contributed by atoms with E-state index in [1.54, 1.807) is 0 Å². The third-order valence-corrected chi connectivity index (χ3v) is 3.33. The van der Waals surface area contributed by atoms with E-state index in [9.17, 15) is 0 Å². The second kappa shape index (κ2) is 5.59. The normalized spacial score (nSPS) is 19.0. The SMILES string of the molecule is ClC(Cl)(Cl)c1nnc(C=CC2CCCCC2)o1. The Kier molecular flexibility index (Phi) is 4.34. The van der Waals surface area contributed by atoms with Crippen LogP contribution in [0.5, 0.6) is 0 Å². The maximum absolute atomic E-state index is 5.63. The van der Waals surface area contributed by atoms with Gasteiger partial charge in [-0.1, -0.05) is 60.1 Å². The molecule has 0 unspecified atom stereocenters. The fraction of sp³-hybridized carbons (Fsp3) is 0.636. The first kappa shape index (κ1) is 13.2. The molecule has 1 aromatic rings. The molecule has 0 saturated heterocycles. The van der Waals surface area contributed by atoms with Gasteiger partial charge in [0.1, 0.15) is 0 Å². The maximum Gasteiger partial charge on any atom is 0.268 e. The molecule has 1 heterocycles. The zero-order chi connectivity index (χ0) is 12.3. The molecule has 2 rings (SSSR count). The van der Waals surface area contributed by atoms with Crippen LogP contribution in [0.25, 0.3) is 6.08 Å². The fourth-order valence-electron chi connectivity index (χ4n) is 1.96. The molecule has 0 bridgehead atoms. The molecule has 0 atom stereocenters. The third-order valence-electron chi connectivity index (χ3n) is 2.84. The number of nitrogens with zero attached hydrogens (tertiary/aromatic N) is 2. The summed E-state index contributed by atoms with van der Waals surface area (Å²) in [6.45, 7) is 0. The summed E-state index contributed by atoms with van der Waals surface area (Å²) in [7, 11) is 0. The first-order chi connectivity index (χ1) is 8.05. The van der Waals surface area contributed by atoms with Gasteiger partial charge in [-0.15, -0.1) is 10.2 Å². The summed E-state index contributed by atoms with van der Waals surface area (Å²) in [4.78, 5) is 0. The van der Waals surface area contributed by atoms with Crippen molar-refractivity contribution in [3.8, 4) is 0 Å². The Hall–Kier alpha value is -0.250. The summed E-state index contributed by atoms with van der Waals surface area (Å²) < 4.78 is 3.59. The number of aromatic nitrogens is 2. The highest BCUT2D eigenvalue weighted by Crippen LogP contribution is 2.37. The van der Waals surface area contributed by atoms with E-state index in [0.29, 0.717) is 11.8 Å². The minimum absolute atomic E-state index is 0.00536. The lowest BCUT2D eigenvalue weighted by molar-refractivity contribution is 0.419. The Bertz CT molecular complexity index is 392. The van der Waals surface area contributed by atoms with Crippen LogP contribution in [0.1, 0.15) is 43.9 Å². The van der Waals surface area contributed by atoms with E-state index >= 15 is 0 Å². The highest BCUT2D eigenvalue weighted by Gasteiger charge is 2.29. The van der Waals surface area contributed by atoms with E-state index in [4.69, 9.17) is 39.2 Å². The minimum Gasteiger partial charge on any atom is -0.417 e. The Morgan fingerprint density at radius 1 is 1.12 bits per heavy atom. The second-order valence-electron chi connectivity index (χ2n) is 4.20. The van der Waals surface area contributed by atoms with Crippen molar-refractivity contribution in [2.24, 2.45) is 5.92 Å². The predicted octanol–water partition coefficient (Wildman–Crippen LogP) is 4.49. The molecule has 17 heavy (non-hydrogen) atoms. The van der Waals surface area contributed by atoms with Crippen LogP contribution >= 0.6 is 34.8 Å². The summed E-state index contributed by atoms with van der Waals surface area (Å²) in [5.41, 5.74) is 0. The predicted molar refractivity (Wildman–Crippen MR) is 69.1 cm³/mol. The lowest BCUT2D eigenvalue weighted by Crippen LogP contribution is -2.02. The molecule has 94 valence electrons. The van der Waals surface area contributed by atoms with Crippen LogP contribution in [-0.4, -0.2) is 10.2 Å². The monoisotopic (exact) mass is 294 g/mol. The van der Waals surface area contributed by atoms with Gasteiger partial charge in [0.05, 0.1) is 0 Å². The zero-order valence-electron chi connectivity index (χ0n) is 9.20. The van der Waals surface area contributed by atoms with E-state index in [2.05, 4.69) is 16.3 Å². The Balaban J connectivity index is 1.98. The first-order valence-electron chi connectivity index (χ1n) is 5.64. The average molecular weight is 296 g/mol. The fourth-order valence-corrected chi connectivity index (χ4v) is 2.19. The zero-order valence-corrected chi connectivity index (χ0v) is 11.5. The molecule has 1 aromatic heterocycles. The van der Waals surface area contributed by atoms with Crippen LogP contribution in [0.3, 0.4) is 0 Å². The molecule has 0 spiro atoms. The number of hydrogen-bond acceptors (Lipinski definition) is 3. The Morgan fingerprint density at radius 3 is 2.41 bits per heavy atom. The summed E-state index contributed by atoms with van der Waals surface area (Å²) >= 11 is 16.9. The van der Waals surface area contributed by atoms with Gasteiger partial charge in [-0.2, -0.15) is 0 Å². The number of halogens is 3. The molecule has 1 aliphatic rings. The van der Waals surface area contributed by atoms with Crippen molar-refractivity contribution in [3.63, 3.8) is 0 Å². The van der Waals surface area contributed by atoms with Crippen molar-refractivity contribution in [3.05, 3.63) is 17.9 Å². The van der Waals surface area contributed by atoms with Gasteiger partial charge >= 0.3 is 0 Å². The van der Waals surface area contributed by atoms with Gasteiger partial charge in [-0.25, -0.2) is 0 Å². The smallest absolute Gasteiger partial charge is 0.268 e. The molecular weight excluding hydrogens is 282 g/mol. The highest BCUT2D eigenvalue weighted by atomic mass is 35.6. The third kappa shape index (κ3) is 3.87. The van der Waals surface area contributed by atoms with Crippen molar-refractivity contribution >= 4 is 40.9 Å². The second-order valence-corrected chi connectivity index (χ2v) is 6.48. The van der Waals surface area contributed by atoms with Gasteiger partial charge < -0.3 is 4.42 Å². The van der Waals surface area contributed by atoms with Gasteiger partial charge in [-0.3, -0.25) is 0 Å². The van der Waals surface area contributed by atoms with E-state index in [1.807, 2.05) is 6.08 Å². The van der Waals surface area contributed by atoms with Crippen molar-refractivity contribution in [2.45, 2.75) is 35.9 Å². The largest absolute Gasteiger partial charge is 0.417 e. The van der Waals surface area contributed by atoms with Crippen LogP contribution in [-0.2, 0) is 3.79 Å². The molecule has 0 amide bonds. The molecule has 3 nitrogen and oxygen atoms in total. The molecular formula is C11H13Cl3N2O. The van der Waals surface area contributed by atoms with E-state index in [1.165, 1.54) is 32.1 Å². The van der Waals surface area contributed by atoms with Crippen molar-refractivity contribution < 1.29 is 4.42 Å². The minimum atomic E-state index is -1.65. The van der Waals surface area contributed by atoms with Crippen LogP contribution in [0, 0.1) is 5.92 Å². The molecule has 0 aromatic carbocycles. The summed E-state index contributed by atoms with van der Waals surface area (Å²) in [5, 5.41) is 7.50. The highest BCUT2D eigenvalue weighted by molar-refractivity contribution is 6.66. The van der Waals surface area contributed by atoms with Crippen LogP contribution in [0.15, 0.2) is 10.5 Å². The number of hydrogen-bond donors (Lipinski definition) is 0. The van der Waals surface area contributed by atoms with Crippen LogP contribution in [0.2, 0.25) is 0 Å². The Morgan fingerprint density at radius 2 is 1.82 bits per heavy atom. The van der Waals surface area contributed by atoms with Gasteiger partial charge in [-0.05, 0) is 24.8 Å².